The number of hydrogen-bond donors (Lipinski definition) is 2. The lowest BCUT2D eigenvalue weighted by Crippen LogP contribution is -2.72. The van der Waals surface area contributed by atoms with Crippen molar-refractivity contribution < 1.29 is 33.2 Å². The van der Waals surface area contributed by atoms with Crippen LogP contribution in [0.15, 0.2) is 34.8 Å². The van der Waals surface area contributed by atoms with Crippen molar-refractivity contribution in [1.82, 2.24) is 15.2 Å². The minimum atomic E-state index is -1.68. The molecule has 4 atom stereocenters. The first kappa shape index (κ1) is 25.7. The quantitative estimate of drug-likeness (QED) is 0.160. The van der Waals surface area contributed by atoms with E-state index in [-0.39, 0.29) is 23.1 Å². The number of ether oxygens (including phenoxy) is 2. The number of amides is 2. The number of hydrogen-bond acceptors (Lipinski definition) is 11. The van der Waals surface area contributed by atoms with Crippen LogP contribution >= 0.6 is 11.3 Å². The van der Waals surface area contributed by atoms with E-state index < -0.39 is 51.2 Å². The summed E-state index contributed by atoms with van der Waals surface area (Å²) in [4.78, 5) is 49.0. The van der Waals surface area contributed by atoms with Crippen molar-refractivity contribution >= 4 is 51.1 Å². The lowest BCUT2D eigenvalue weighted by atomic mass is 9.96. The van der Waals surface area contributed by atoms with E-state index in [0.717, 1.165) is 16.9 Å². The zero-order valence-corrected chi connectivity index (χ0v) is 21.6. The van der Waals surface area contributed by atoms with Gasteiger partial charge in [-0.15, -0.1) is 11.3 Å². The molecule has 2 aliphatic rings. The van der Waals surface area contributed by atoms with Gasteiger partial charge >= 0.3 is 5.97 Å². The highest BCUT2D eigenvalue weighted by molar-refractivity contribution is 7.94. The molecule has 2 saturated heterocycles. The Labute approximate surface area is 213 Å². The normalized spacial score (nSPS) is 24.5. The highest BCUT2D eigenvalue weighted by atomic mass is 32.2. The van der Waals surface area contributed by atoms with Gasteiger partial charge in [-0.1, -0.05) is 17.3 Å². The van der Waals surface area contributed by atoms with Crippen LogP contribution in [0.5, 0.6) is 5.75 Å². The van der Waals surface area contributed by atoms with Crippen LogP contribution in [0.1, 0.15) is 25.1 Å². The molecule has 14 heteroatoms. The second-order valence-corrected chi connectivity index (χ2v) is 11.6. The molecule has 4 rings (SSSR count). The molecule has 0 aliphatic carbocycles. The Morgan fingerprint density at radius 3 is 2.58 bits per heavy atom. The minimum Gasteiger partial charge on any atom is -0.614 e. The van der Waals surface area contributed by atoms with Gasteiger partial charge in [-0.25, -0.2) is 9.78 Å². The van der Waals surface area contributed by atoms with Crippen LogP contribution in [-0.2, 0) is 41.7 Å². The number of esters is 1. The Morgan fingerprint density at radius 2 is 2.00 bits per heavy atom. The maximum atomic E-state index is 13.3. The molecule has 2 unspecified atom stereocenters. The fraction of sp³-hybridized carbons (Fsp3) is 0.409. The molecule has 2 amide bonds. The average Bonchev–Trinajstić information content (AvgIpc) is 3.36. The lowest BCUT2D eigenvalue weighted by Gasteiger charge is -2.41. The van der Waals surface area contributed by atoms with E-state index in [1.807, 2.05) is 0 Å². The summed E-state index contributed by atoms with van der Waals surface area (Å²) in [5.74, 6) is -1.31. The van der Waals surface area contributed by atoms with Crippen LogP contribution in [0.2, 0.25) is 0 Å². The molecule has 3 N–H and O–H groups in total. The van der Waals surface area contributed by atoms with E-state index in [0.29, 0.717) is 5.75 Å². The molecule has 0 radical (unpaired) electrons. The fourth-order valence-corrected chi connectivity index (χ4v) is 6.59. The monoisotopic (exact) mass is 535 g/mol. The Bertz CT molecular complexity index is 1200. The molecule has 0 spiro atoms. The average molecular weight is 536 g/mol. The van der Waals surface area contributed by atoms with E-state index in [2.05, 4.69) is 15.5 Å². The maximum absolute atomic E-state index is 13.3. The molecule has 2 aromatic rings. The molecule has 0 saturated carbocycles. The number of aromatic nitrogens is 1. The number of nitrogens with two attached hydrogens (primary N) is 1. The van der Waals surface area contributed by atoms with Crippen LogP contribution in [0, 0.1) is 0 Å². The number of fused-ring (bicyclic) bond motifs is 1. The van der Waals surface area contributed by atoms with Crippen molar-refractivity contribution in [3.8, 4) is 5.75 Å². The number of carbonyl (C=O) groups is 3. The number of carbonyl (C=O) groups excluding carboxylic acids is 3. The number of benzene rings is 1. The molecule has 2 fully saturated rings. The van der Waals surface area contributed by atoms with Crippen LogP contribution in [0.3, 0.4) is 0 Å². The molecule has 12 nitrogen and oxygen atoms in total. The predicted octanol–water partition coefficient (Wildman–Crippen LogP) is 0.390. The molecule has 3 heterocycles. The van der Waals surface area contributed by atoms with Crippen molar-refractivity contribution in [2.45, 2.75) is 42.7 Å². The number of nitrogen functional groups attached to an aromatic ring is 1. The zero-order valence-electron chi connectivity index (χ0n) is 19.9. The number of β-lactam (4-membered cyclic amide) rings is 1. The number of methoxy groups -OCH3 is 1. The SMILES string of the molecule is CO/N=C(\C(=O)NC1C(=O)N2[C@@H]1[S+]([O-])C(C)(C)[C@@H]2C(=O)OCc1ccc(OC)cc1)c1csc(N)n1. The molecular formula is C22H25N5O7S2. The van der Waals surface area contributed by atoms with Crippen LogP contribution in [0.4, 0.5) is 5.13 Å². The van der Waals surface area contributed by atoms with Gasteiger partial charge in [0, 0.05) is 5.38 Å². The number of nitrogens with zero attached hydrogens (tertiary/aromatic N) is 3. The number of thiazole rings is 1. The van der Waals surface area contributed by atoms with Gasteiger partial charge in [0.1, 0.15) is 25.2 Å². The third kappa shape index (κ3) is 4.47. The topological polar surface area (TPSA) is 168 Å². The Balaban J connectivity index is 1.47. The molecule has 1 aromatic carbocycles. The highest BCUT2D eigenvalue weighted by Gasteiger charge is 2.73. The van der Waals surface area contributed by atoms with E-state index in [9.17, 15) is 18.9 Å². The largest absolute Gasteiger partial charge is 0.614 e. The second-order valence-electron chi connectivity index (χ2n) is 8.54. The van der Waals surface area contributed by atoms with Crippen molar-refractivity contribution in [3.63, 3.8) is 0 Å². The van der Waals surface area contributed by atoms with Crippen LogP contribution in [0.25, 0.3) is 0 Å². The summed E-state index contributed by atoms with van der Waals surface area (Å²) in [6.45, 7) is 3.23. The summed E-state index contributed by atoms with van der Waals surface area (Å²) in [7, 11) is 2.81. The standard InChI is InChI=1S/C22H25N5O7S2/c1-22(2)16(20(30)34-9-11-5-7-12(32-3)8-6-11)27-18(29)15(19(27)36(22)31)25-17(28)14(26-33-4)13-10-35-21(23)24-13/h5-8,10,15-16,19H,9H2,1-4H3,(H2,23,24)(H,25,28)/b26-14-/t15?,16-,19+,36?/m0/s1. The first-order chi connectivity index (χ1) is 17.1. The summed E-state index contributed by atoms with van der Waals surface area (Å²) in [6, 6.07) is 4.79. The van der Waals surface area contributed by atoms with E-state index in [1.165, 1.54) is 17.4 Å². The smallest absolute Gasteiger partial charge is 0.334 e. The number of nitrogens with one attached hydrogen (secondary N) is 1. The summed E-state index contributed by atoms with van der Waals surface area (Å²) in [5, 5.41) is 7.09. The third-order valence-corrected chi connectivity index (χ3v) is 8.84. The van der Waals surface area contributed by atoms with Crippen molar-refractivity contribution in [1.29, 1.82) is 0 Å². The molecule has 1 aromatic heterocycles. The number of rotatable bonds is 8. The number of oxime groups is 1. The van der Waals surface area contributed by atoms with Crippen molar-refractivity contribution in [2.75, 3.05) is 20.0 Å². The van der Waals surface area contributed by atoms with Gasteiger partial charge in [-0.3, -0.25) is 14.5 Å². The van der Waals surface area contributed by atoms with E-state index >= 15 is 0 Å². The zero-order chi connectivity index (χ0) is 26.2. The van der Waals surface area contributed by atoms with Crippen molar-refractivity contribution in [3.05, 3.63) is 40.9 Å². The summed E-state index contributed by atoms with van der Waals surface area (Å²) >= 11 is -0.573. The van der Waals surface area contributed by atoms with Crippen LogP contribution < -0.4 is 15.8 Å². The molecule has 36 heavy (non-hydrogen) atoms. The first-order valence-corrected chi connectivity index (χ1v) is 12.8. The van der Waals surface area contributed by atoms with Gasteiger partial charge in [0.25, 0.3) is 11.8 Å². The second kappa shape index (κ2) is 9.95. The first-order valence-electron chi connectivity index (χ1n) is 10.8. The van der Waals surface area contributed by atoms with Gasteiger partial charge in [-0.05, 0) is 42.7 Å². The fourth-order valence-electron chi connectivity index (χ4n) is 4.13. The highest BCUT2D eigenvalue weighted by Crippen LogP contribution is 2.46. The Morgan fingerprint density at radius 1 is 1.31 bits per heavy atom. The predicted molar refractivity (Wildman–Crippen MR) is 131 cm³/mol. The van der Waals surface area contributed by atoms with Crippen molar-refractivity contribution in [2.24, 2.45) is 5.16 Å². The van der Waals surface area contributed by atoms with Gasteiger partial charge in [0.05, 0.1) is 7.11 Å². The van der Waals surface area contributed by atoms with E-state index in [1.54, 1.807) is 45.2 Å². The van der Waals surface area contributed by atoms with Gasteiger partial charge in [0.15, 0.2) is 27.7 Å². The van der Waals surface area contributed by atoms with Gasteiger partial charge in [-0.2, -0.15) is 0 Å². The van der Waals surface area contributed by atoms with Crippen LogP contribution in [-0.4, -0.2) is 74.4 Å². The Hall–Kier alpha value is -3.36. The molecule has 192 valence electrons. The maximum Gasteiger partial charge on any atom is 0.334 e. The van der Waals surface area contributed by atoms with Gasteiger partial charge in [0.2, 0.25) is 5.37 Å². The van der Waals surface area contributed by atoms with E-state index in [4.69, 9.17) is 20.0 Å². The number of anilines is 1. The lowest BCUT2D eigenvalue weighted by molar-refractivity contribution is -0.165. The minimum absolute atomic E-state index is 0.0253. The summed E-state index contributed by atoms with van der Waals surface area (Å²) < 4.78 is 22.8. The van der Waals surface area contributed by atoms with Gasteiger partial charge < -0.3 is 29.9 Å². The summed E-state index contributed by atoms with van der Waals surface area (Å²) in [5.41, 5.74) is 6.36. The summed E-state index contributed by atoms with van der Waals surface area (Å²) in [6.07, 6.45) is 0. The Kier molecular flexibility index (Phi) is 7.11. The molecule has 2 aliphatic heterocycles. The molecular weight excluding hydrogens is 510 g/mol. The third-order valence-electron chi connectivity index (χ3n) is 5.97. The molecule has 0 bridgehead atoms.